The van der Waals surface area contributed by atoms with Crippen LogP contribution < -0.4 is 4.74 Å². The van der Waals surface area contributed by atoms with E-state index in [4.69, 9.17) is 4.74 Å². The number of para-hydroxylation sites is 1. The van der Waals surface area contributed by atoms with Gasteiger partial charge < -0.3 is 4.74 Å². The molecular formula is C28H28N2O. The molecule has 156 valence electrons. The fourth-order valence-electron chi connectivity index (χ4n) is 3.16. The van der Waals surface area contributed by atoms with E-state index >= 15 is 0 Å². The summed E-state index contributed by atoms with van der Waals surface area (Å²) >= 11 is 0. The molecule has 0 amide bonds. The molecular weight excluding hydrogens is 380 g/mol. The van der Waals surface area contributed by atoms with Gasteiger partial charge in [0.05, 0.1) is 11.2 Å². The summed E-state index contributed by atoms with van der Waals surface area (Å²) < 4.78 is 5.94. The zero-order chi connectivity index (χ0) is 22.1. The number of hydrogen-bond donors (Lipinski definition) is 0. The molecule has 4 aromatic rings. The standard InChI is InChI=1S/C26H22N2O.C2H6/c1-19(2)25(17-20-13-15-27-16-14-20)21-8-11-24(12-9-21)29-18-23-10-7-22-5-3-4-6-26(22)28-23;1-2/h3-17H,1,18H2,2H3;1-2H3/b25-17-;. The Morgan fingerprint density at radius 3 is 2.32 bits per heavy atom. The fraction of sp³-hybridized carbons (Fsp3) is 0.143. The van der Waals surface area contributed by atoms with Crippen molar-refractivity contribution in [3.8, 4) is 5.75 Å². The molecule has 2 aromatic carbocycles. The molecule has 0 unspecified atom stereocenters. The minimum atomic E-state index is 0.435. The highest BCUT2D eigenvalue weighted by molar-refractivity contribution is 5.90. The molecule has 0 saturated heterocycles. The Balaban J connectivity index is 0.00000132. The first kappa shape index (κ1) is 22.0. The second-order valence-corrected chi connectivity index (χ2v) is 6.93. The van der Waals surface area contributed by atoms with Crippen molar-refractivity contribution in [3.63, 3.8) is 0 Å². The maximum atomic E-state index is 5.94. The zero-order valence-corrected chi connectivity index (χ0v) is 18.4. The van der Waals surface area contributed by atoms with E-state index in [-0.39, 0.29) is 0 Å². The topological polar surface area (TPSA) is 35.0 Å². The number of allylic oxidation sites excluding steroid dienone is 2. The molecule has 3 heteroatoms. The van der Waals surface area contributed by atoms with E-state index in [0.29, 0.717) is 6.61 Å². The van der Waals surface area contributed by atoms with Gasteiger partial charge in [-0.05, 0) is 66.1 Å². The van der Waals surface area contributed by atoms with E-state index in [1.54, 1.807) is 12.4 Å². The highest BCUT2D eigenvalue weighted by atomic mass is 16.5. The van der Waals surface area contributed by atoms with Gasteiger partial charge in [0.1, 0.15) is 12.4 Å². The minimum absolute atomic E-state index is 0.435. The number of nitrogens with zero attached hydrogens (tertiary/aromatic N) is 2. The summed E-state index contributed by atoms with van der Waals surface area (Å²) in [5, 5.41) is 1.13. The van der Waals surface area contributed by atoms with Gasteiger partial charge in [-0.2, -0.15) is 0 Å². The molecule has 2 heterocycles. The Hall–Kier alpha value is -3.72. The van der Waals surface area contributed by atoms with Crippen molar-refractivity contribution >= 4 is 22.6 Å². The van der Waals surface area contributed by atoms with Crippen molar-refractivity contribution < 1.29 is 4.74 Å². The van der Waals surface area contributed by atoms with Crippen LogP contribution in [-0.4, -0.2) is 9.97 Å². The molecule has 0 radical (unpaired) electrons. The van der Waals surface area contributed by atoms with E-state index in [2.05, 4.69) is 46.9 Å². The smallest absolute Gasteiger partial charge is 0.130 e. The van der Waals surface area contributed by atoms with Crippen molar-refractivity contribution in [1.29, 1.82) is 0 Å². The van der Waals surface area contributed by atoms with E-state index in [9.17, 15) is 0 Å². The Morgan fingerprint density at radius 1 is 0.903 bits per heavy atom. The quantitative estimate of drug-likeness (QED) is 0.313. The lowest BCUT2D eigenvalue weighted by Crippen LogP contribution is -1.98. The first-order chi connectivity index (χ1) is 15.2. The number of pyridine rings is 2. The molecule has 4 rings (SSSR count). The number of hydrogen-bond acceptors (Lipinski definition) is 3. The van der Waals surface area contributed by atoms with E-state index in [1.165, 1.54) is 0 Å². The Bertz CT molecular complexity index is 1160. The lowest BCUT2D eigenvalue weighted by atomic mass is 9.98. The second kappa shape index (κ2) is 10.9. The Morgan fingerprint density at radius 2 is 1.61 bits per heavy atom. The van der Waals surface area contributed by atoms with Gasteiger partial charge in [0, 0.05) is 17.8 Å². The van der Waals surface area contributed by atoms with Crippen molar-refractivity contribution in [3.05, 3.63) is 114 Å². The number of ether oxygens (including phenoxy) is 1. The van der Waals surface area contributed by atoms with E-state index in [1.807, 2.05) is 69.3 Å². The van der Waals surface area contributed by atoms with Crippen LogP contribution in [0.1, 0.15) is 37.6 Å². The van der Waals surface area contributed by atoms with Crippen LogP contribution in [0.15, 0.2) is 97.3 Å². The predicted octanol–water partition coefficient (Wildman–Crippen LogP) is 7.35. The summed E-state index contributed by atoms with van der Waals surface area (Å²) in [6, 6.07) is 24.2. The molecule has 0 aliphatic heterocycles. The number of aromatic nitrogens is 2. The van der Waals surface area contributed by atoms with Crippen LogP contribution in [0.25, 0.3) is 22.6 Å². The Kier molecular flexibility index (Phi) is 7.72. The Labute approximate surface area is 184 Å². The first-order valence-corrected chi connectivity index (χ1v) is 10.5. The highest BCUT2D eigenvalue weighted by Crippen LogP contribution is 2.26. The summed E-state index contributed by atoms with van der Waals surface area (Å²) in [6.45, 7) is 10.6. The summed E-state index contributed by atoms with van der Waals surface area (Å²) in [4.78, 5) is 8.73. The van der Waals surface area contributed by atoms with Crippen molar-refractivity contribution in [2.75, 3.05) is 0 Å². The molecule has 2 aromatic heterocycles. The average molecular weight is 409 g/mol. The molecule has 0 fully saturated rings. The maximum Gasteiger partial charge on any atom is 0.130 e. The minimum Gasteiger partial charge on any atom is -0.487 e. The molecule has 0 N–H and O–H groups in total. The summed E-state index contributed by atoms with van der Waals surface area (Å²) in [6.07, 6.45) is 5.71. The van der Waals surface area contributed by atoms with Gasteiger partial charge in [0.15, 0.2) is 0 Å². The molecule has 0 aliphatic rings. The van der Waals surface area contributed by atoms with Crippen LogP contribution in [-0.2, 0) is 6.61 Å². The van der Waals surface area contributed by atoms with E-state index in [0.717, 1.165) is 44.6 Å². The van der Waals surface area contributed by atoms with Gasteiger partial charge in [-0.15, -0.1) is 0 Å². The molecule has 0 aliphatic carbocycles. The summed E-state index contributed by atoms with van der Waals surface area (Å²) in [5.74, 6) is 0.814. The summed E-state index contributed by atoms with van der Waals surface area (Å²) in [5.41, 5.74) is 6.20. The van der Waals surface area contributed by atoms with Gasteiger partial charge in [0.25, 0.3) is 0 Å². The summed E-state index contributed by atoms with van der Waals surface area (Å²) in [7, 11) is 0. The van der Waals surface area contributed by atoms with Gasteiger partial charge in [-0.3, -0.25) is 4.98 Å². The van der Waals surface area contributed by atoms with Crippen molar-refractivity contribution in [1.82, 2.24) is 9.97 Å². The SMILES string of the molecule is C=C(C)/C(=C/c1ccncc1)c1ccc(OCc2ccc3ccccc3n2)cc1.CC. The predicted molar refractivity (Wildman–Crippen MR) is 131 cm³/mol. The van der Waals surface area contributed by atoms with Crippen molar-refractivity contribution in [2.24, 2.45) is 0 Å². The normalized spacial score (nSPS) is 10.9. The van der Waals surface area contributed by atoms with Gasteiger partial charge in [-0.1, -0.05) is 62.4 Å². The number of rotatable bonds is 6. The molecule has 0 atom stereocenters. The van der Waals surface area contributed by atoms with Gasteiger partial charge >= 0.3 is 0 Å². The lowest BCUT2D eigenvalue weighted by Gasteiger charge is -2.10. The van der Waals surface area contributed by atoms with Crippen LogP contribution in [0.3, 0.4) is 0 Å². The largest absolute Gasteiger partial charge is 0.487 e. The number of fused-ring (bicyclic) bond motifs is 1. The van der Waals surface area contributed by atoms with Crippen LogP contribution in [0.4, 0.5) is 0 Å². The highest BCUT2D eigenvalue weighted by Gasteiger charge is 2.05. The monoisotopic (exact) mass is 408 g/mol. The third-order valence-corrected chi connectivity index (χ3v) is 4.69. The van der Waals surface area contributed by atoms with E-state index < -0.39 is 0 Å². The van der Waals surface area contributed by atoms with Crippen molar-refractivity contribution in [2.45, 2.75) is 27.4 Å². The second-order valence-electron chi connectivity index (χ2n) is 6.93. The fourth-order valence-corrected chi connectivity index (χ4v) is 3.16. The van der Waals surface area contributed by atoms with Crippen LogP contribution in [0.2, 0.25) is 0 Å². The van der Waals surface area contributed by atoms with Crippen LogP contribution >= 0.6 is 0 Å². The van der Waals surface area contributed by atoms with Gasteiger partial charge in [-0.25, -0.2) is 4.98 Å². The first-order valence-electron chi connectivity index (χ1n) is 10.5. The average Bonchev–Trinajstić information content (AvgIpc) is 2.83. The van der Waals surface area contributed by atoms with Crippen LogP contribution in [0.5, 0.6) is 5.75 Å². The van der Waals surface area contributed by atoms with Crippen LogP contribution in [0, 0.1) is 0 Å². The molecule has 0 spiro atoms. The molecule has 0 bridgehead atoms. The number of benzene rings is 2. The lowest BCUT2D eigenvalue weighted by molar-refractivity contribution is 0.302. The zero-order valence-electron chi connectivity index (χ0n) is 18.4. The third-order valence-electron chi connectivity index (χ3n) is 4.69. The molecule has 31 heavy (non-hydrogen) atoms. The molecule has 3 nitrogen and oxygen atoms in total. The third kappa shape index (κ3) is 5.89. The van der Waals surface area contributed by atoms with Gasteiger partial charge in [0.2, 0.25) is 0 Å². The molecule has 0 saturated carbocycles. The maximum absolute atomic E-state index is 5.94.